The van der Waals surface area contributed by atoms with Crippen molar-refractivity contribution in [3.05, 3.63) is 29.8 Å². The zero-order chi connectivity index (χ0) is 13.8. The first-order chi connectivity index (χ1) is 9.84. The van der Waals surface area contributed by atoms with E-state index in [-0.39, 0.29) is 5.41 Å². The fourth-order valence-corrected chi connectivity index (χ4v) is 3.69. The molecule has 3 rings (SSSR count). The van der Waals surface area contributed by atoms with Crippen LogP contribution >= 0.6 is 0 Å². The number of morpholine rings is 1. The molecule has 1 aliphatic carbocycles. The van der Waals surface area contributed by atoms with Gasteiger partial charge in [-0.1, -0.05) is 31.4 Å². The first-order valence-corrected chi connectivity index (χ1v) is 7.97. The zero-order valence-electron chi connectivity index (χ0n) is 12.3. The Balaban J connectivity index is 1.77. The highest BCUT2D eigenvalue weighted by Crippen LogP contribution is 2.39. The zero-order valence-corrected chi connectivity index (χ0v) is 12.3. The van der Waals surface area contributed by atoms with Gasteiger partial charge in [0.15, 0.2) is 0 Å². The van der Waals surface area contributed by atoms with E-state index in [4.69, 9.17) is 10.5 Å². The quantitative estimate of drug-likeness (QED) is 0.921. The second-order valence-corrected chi connectivity index (χ2v) is 6.19. The molecule has 0 aromatic heterocycles. The van der Waals surface area contributed by atoms with Crippen molar-refractivity contribution in [2.75, 3.05) is 37.7 Å². The molecule has 20 heavy (non-hydrogen) atoms. The first-order valence-electron chi connectivity index (χ1n) is 7.97. The van der Waals surface area contributed by atoms with Crippen molar-refractivity contribution in [2.45, 2.75) is 37.5 Å². The van der Waals surface area contributed by atoms with E-state index in [9.17, 15) is 0 Å². The summed E-state index contributed by atoms with van der Waals surface area (Å²) in [6.45, 7) is 4.47. The highest BCUT2D eigenvalue weighted by molar-refractivity contribution is 5.49. The van der Waals surface area contributed by atoms with E-state index < -0.39 is 0 Å². The number of nitrogens with two attached hydrogens (primary N) is 1. The Hall–Kier alpha value is -1.06. The van der Waals surface area contributed by atoms with Crippen molar-refractivity contribution in [1.82, 2.24) is 0 Å². The van der Waals surface area contributed by atoms with Crippen LogP contribution < -0.4 is 10.6 Å². The number of ether oxygens (including phenoxy) is 1. The Kier molecular flexibility index (Phi) is 4.27. The molecule has 3 nitrogen and oxygen atoms in total. The van der Waals surface area contributed by atoms with Gasteiger partial charge in [0.05, 0.1) is 13.2 Å². The maximum atomic E-state index is 6.12. The number of hydrogen-bond acceptors (Lipinski definition) is 3. The smallest absolute Gasteiger partial charge is 0.0642 e. The van der Waals surface area contributed by atoms with E-state index in [0.717, 1.165) is 32.8 Å². The van der Waals surface area contributed by atoms with Gasteiger partial charge in [-0.25, -0.2) is 0 Å². The Bertz CT molecular complexity index is 417. The van der Waals surface area contributed by atoms with Crippen LogP contribution in [0.15, 0.2) is 24.3 Å². The summed E-state index contributed by atoms with van der Waals surface area (Å²) in [4.78, 5) is 2.41. The summed E-state index contributed by atoms with van der Waals surface area (Å²) in [5, 5.41) is 0. The normalized spacial score (nSPS) is 22.8. The maximum Gasteiger partial charge on any atom is 0.0642 e. The summed E-state index contributed by atoms with van der Waals surface area (Å²) in [5.74, 6) is 0. The average Bonchev–Trinajstić information content (AvgIpc) is 2.56. The van der Waals surface area contributed by atoms with Gasteiger partial charge >= 0.3 is 0 Å². The summed E-state index contributed by atoms with van der Waals surface area (Å²) in [6, 6.07) is 9.16. The number of benzene rings is 1. The predicted molar refractivity (Wildman–Crippen MR) is 83.3 cm³/mol. The maximum absolute atomic E-state index is 6.12. The summed E-state index contributed by atoms with van der Waals surface area (Å²) in [7, 11) is 0. The van der Waals surface area contributed by atoms with Crippen molar-refractivity contribution in [1.29, 1.82) is 0 Å². The molecular weight excluding hydrogens is 248 g/mol. The van der Waals surface area contributed by atoms with Crippen LogP contribution in [0.25, 0.3) is 0 Å². The molecule has 1 saturated heterocycles. The van der Waals surface area contributed by atoms with Gasteiger partial charge in [-0.3, -0.25) is 0 Å². The Morgan fingerprint density at radius 2 is 1.65 bits per heavy atom. The summed E-state index contributed by atoms with van der Waals surface area (Å²) >= 11 is 0. The molecule has 1 aromatic rings. The van der Waals surface area contributed by atoms with Gasteiger partial charge in [-0.2, -0.15) is 0 Å². The van der Waals surface area contributed by atoms with Crippen LogP contribution in [0.1, 0.15) is 37.7 Å². The molecular formula is C17H26N2O. The third-order valence-corrected chi connectivity index (χ3v) is 5.06. The molecule has 0 unspecified atom stereocenters. The fraction of sp³-hybridized carbons (Fsp3) is 0.647. The van der Waals surface area contributed by atoms with E-state index in [0.29, 0.717) is 0 Å². The van der Waals surface area contributed by atoms with Crippen LogP contribution in [0.3, 0.4) is 0 Å². The van der Waals surface area contributed by atoms with Gasteiger partial charge in [-0.05, 0) is 30.5 Å². The van der Waals surface area contributed by atoms with Crippen molar-refractivity contribution in [2.24, 2.45) is 5.73 Å². The molecule has 0 radical (unpaired) electrons. The van der Waals surface area contributed by atoms with E-state index in [1.807, 2.05) is 0 Å². The second kappa shape index (κ2) is 6.15. The van der Waals surface area contributed by atoms with E-state index >= 15 is 0 Å². The van der Waals surface area contributed by atoms with Crippen LogP contribution in [0.2, 0.25) is 0 Å². The number of nitrogens with zero attached hydrogens (tertiary/aromatic N) is 1. The molecule has 1 aromatic carbocycles. The SMILES string of the molecule is NCC1(c2ccc(N3CCOCC3)cc2)CCCCC1. The molecule has 0 atom stereocenters. The fourth-order valence-electron chi connectivity index (χ4n) is 3.69. The van der Waals surface area contributed by atoms with Crippen molar-refractivity contribution < 1.29 is 4.74 Å². The first kappa shape index (κ1) is 13.9. The van der Waals surface area contributed by atoms with Gasteiger partial charge in [-0.15, -0.1) is 0 Å². The van der Waals surface area contributed by atoms with Crippen molar-refractivity contribution >= 4 is 5.69 Å². The Morgan fingerprint density at radius 3 is 2.25 bits per heavy atom. The van der Waals surface area contributed by atoms with Crippen molar-refractivity contribution in [3.8, 4) is 0 Å². The third kappa shape index (κ3) is 2.70. The van der Waals surface area contributed by atoms with E-state index in [1.165, 1.54) is 43.4 Å². The van der Waals surface area contributed by atoms with Crippen molar-refractivity contribution in [3.63, 3.8) is 0 Å². The molecule has 3 heteroatoms. The molecule has 1 aliphatic heterocycles. The minimum absolute atomic E-state index is 0.238. The van der Waals surface area contributed by atoms with Crippen LogP contribution in [0.5, 0.6) is 0 Å². The monoisotopic (exact) mass is 274 g/mol. The predicted octanol–water partition coefficient (Wildman–Crippen LogP) is 2.68. The van der Waals surface area contributed by atoms with Crippen LogP contribution in [0, 0.1) is 0 Å². The van der Waals surface area contributed by atoms with Gasteiger partial charge in [0.25, 0.3) is 0 Å². The van der Waals surface area contributed by atoms with Gasteiger partial charge in [0.2, 0.25) is 0 Å². The molecule has 0 amide bonds. The molecule has 0 bridgehead atoms. The molecule has 0 spiro atoms. The Labute approximate surface area is 122 Å². The number of rotatable bonds is 3. The third-order valence-electron chi connectivity index (χ3n) is 5.06. The lowest BCUT2D eigenvalue weighted by Crippen LogP contribution is -2.38. The van der Waals surface area contributed by atoms with E-state index in [1.54, 1.807) is 0 Å². The molecule has 2 N–H and O–H groups in total. The van der Waals surface area contributed by atoms with Gasteiger partial charge in [0.1, 0.15) is 0 Å². The molecule has 2 aliphatic rings. The molecule has 110 valence electrons. The lowest BCUT2D eigenvalue weighted by atomic mass is 9.69. The summed E-state index contributed by atoms with van der Waals surface area (Å²) in [5.41, 5.74) is 9.12. The second-order valence-electron chi connectivity index (χ2n) is 6.19. The summed E-state index contributed by atoms with van der Waals surface area (Å²) in [6.07, 6.45) is 6.51. The topological polar surface area (TPSA) is 38.5 Å². The minimum atomic E-state index is 0.238. The molecule has 2 fully saturated rings. The van der Waals surface area contributed by atoms with Crippen LogP contribution in [0.4, 0.5) is 5.69 Å². The lowest BCUT2D eigenvalue weighted by Gasteiger charge is -2.37. The van der Waals surface area contributed by atoms with Crippen LogP contribution in [-0.4, -0.2) is 32.8 Å². The largest absolute Gasteiger partial charge is 0.378 e. The minimum Gasteiger partial charge on any atom is -0.378 e. The van der Waals surface area contributed by atoms with E-state index in [2.05, 4.69) is 29.2 Å². The Morgan fingerprint density at radius 1 is 1.00 bits per heavy atom. The average molecular weight is 274 g/mol. The van der Waals surface area contributed by atoms with Gasteiger partial charge in [0, 0.05) is 30.7 Å². The van der Waals surface area contributed by atoms with Gasteiger partial charge < -0.3 is 15.4 Å². The highest BCUT2D eigenvalue weighted by Gasteiger charge is 2.32. The number of anilines is 1. The lowest BCUT2D eigenvalue weighted by molar-refractivity contribution is 0.122. The summed E-state index contributed by atoms with van der Waals surface area (Å²) < 4.78 is 5.42. The highest BCUT2D eigenvalue weighted by atomic mass is 16.5. The standard InChI is InChI=1S/C17H26N2O/c18-14-17(8-2-1-3-9-17)15-4-6-16(7-5-15)19-10-12-20-13-11-19/h4-7H,1-3,8-14,18H2. The molecule has 1 heterocycles. The van der Waals surface area contributed by atoms with Crippen LogP contribution in [-0.2, 0) is 10.2 Å². The number of hydrogen-bond donors (Lipinski definition) is 1. The molecule has 1 saturated carbocycles.